The highest BCUT2D eigenvalue weighted by atomic mass is 16.6. The second-order valence-corrected chi connectivity index (χ2v) is 14.9. The molecule has 0 aromatic rings. The molecule has 0 spiro atoms. The van der Waals surface area contributed by atoms with Crippen molar-refractivity contribution in [3.63, 3.8) is 0 Å². The standard InChI is InChI=1S/C47H84O6/c1-4-7-10-13-16-19-21-23-24-26-28-31-34-37-40-46(49)52-43-44(42-51-45(48)39-36-33-30-27-18-15-12-9-6-3)53-47(50)41-38-35-32-29-25-22-20-17-14-11-8-5-2/h8,11,17,20,24,26,44H,4-7,9-10,12-16,18-19,21-23,25,27-43H2,1-3H3/b11-8-,20-17-,26-24-. The maximum Gasteiger partial charge on any atom is 0.306 e. The highest BCUT2D eigenvalue weighted by molar-refractivity contribution is 5.71. The van der Waals surface area contributed by atoms with Crippen molar-refractivity contribution in [1.29, 1.82) is 0 Å². The molecule has 0 amide bonds. The summed E-state index contributed by atoms with van der Waals surface area (Å²) in [6, 6.07) is 0. The summed E-state index contributed by atoms with van der Waals surface area (Å²) in [6.45, 7) is 6.47. The Labute approximate surface area is 327 Å². The Balaban J connectivity index is 4.38. The fraction of sp³-hybridized carbons (Fsp3) is 0.809. The molecule has 0 radical (unpaired) electrons. The summed E-state index contributed by atoms with van der Waals surface area (Å²) in [7, 11) is 0. The quantitative estimate of drug-likeness (QED) is 0.0269. The van der Waals surface area contributed by atoms with Crippen LogP contribution in [0, 0.1) is 0 Å². The van der Waals surface area contributed by atoms with E-state index >= 15 is 0 Å². The van der Waals surface area contributed by atoms with Crippen molar-refractivity contribution in [3.8, 4) is 0 Å². The van der Waals surface area contributed by atoms with Crippen LogP contribution >= 0.6 is 0 Å². The number of allylic oxidation sites excluding steroid dienone is 6. The summed E-state index contributed by atoms with van der Waals surface area (Å²) < 4.78 is 16.6. The van der Waals surface area contributed by atoms with Crippen LogP contribution in [-0.2, 0) is 28.6 Å². The first-order chi connectivity index (χ1) is 26.0. The lowest BCUT2D eigenvalue weighted by molar-refractivity contribution is -0.167. The molecule has 1 atom stereocenters. The van der Waals surface area contributed by atoms with Crippen molar-refractivity contribution in [2.24, 2.45) is 0 Å². The minimum atomic E-state index is -0.779. The number of rotatable bonds is 40. The zero-order valence-electron chi connectivity index (χ0n) is 35.0. The van der Waals surface area contributed by atoms with Crippen molar-refractivity contribution in [3.05, 3.63) is 36.5 Å². The van der Waals surface area contributed by atoms with Crippen LogP contribution in [0.4, 0.5) is 0 Å². The van der Waals surface area contributed by atoms with E-state index in [4.69, 9.17) is 14.2 Å². The third-order valence-corrected chi connectivity index (χ3v) is 9.63. The Morgan fingerprint density at radius 3 is 1.17 bits per heavy atom. The summed E-state index contributed by atoms with van der Waals surface area (Å²) in [5.41, 5.74) is 0. The third-order valence-electron chi connectivity index (χ3n) is 9.63. The van der Waals surface area contributed by atoms with Gasteiger partial charge in [-0.05, 0) is 70.6 Å². The van der Waals surface area contributed by atoms with Gasteiger partial charge in [0.15, 0.2) is 6.10 Å². The van der Waals surface area contributed by atoms with Gasteiger partial charge < -0.3 is 14.2 Å². The van der Waals surface area contributed by atoms with E-state index in [2.05, 4.69) is 57.2 Å². The molecule has 0 rings (SSSR count). The smallest absolute Gasteiger partial charge is 0.306 e. The van der Waals surface area contributed by atoms with Crippen LogP contribution < -0.4 is 0 Å². The van der Waals surface area contributed by atoms with E-state index in [1.807, 2.05) is 0 Å². The summed E-state index contributed by atoms with van der Waals surface area (Å²) in [4.78, 5) is 37.6. The van der Waals surface area contributed by atoms with Gasteiger partial charge in [-0.3, -0.25) is 14.4 Å². The average molecular weight is 745 g/mol. The Kier molecular flexibility index (Phi) is 40.5. The molecule has 53 heavy (non-hydrogen) atoms. The van der Waals surface area contributed by atoms with E-state index in [-0.39, 0.29) is 31.1 Å². The number of hydrogen-bond acceptors (Lipinski definition) is 6. The van der Waals surface area contributed by atoms with Gasteiger partial charge in [0.05, 0.1) is 0 Å². The Morgan fingerprint density at radius 1 is 0.396 bits per heavy atom. The largest absolute Gasteiger partial charge is 0.462 e. The molecule has 1 unspecified atom stereocenters. The van der Waals surface area contributed by atoms with E-state index < -0.39 is 6.10 Å². The molecule has 0 aromatic carbocycles. The van der Waals surface area contributed by atoms with Gasteiger partial charge in [0, 0.05) is 19.3 Å². The molecule has 0 aliphatic heterocycles. The van der Waals surface area contributed by atoms with E-state index in [0.29, 0.717) is 19.3 Å². The second-order valence-electron chi connectivity index (χ2n) is 14.9. The van der Waals surface area contributed by atoms with E-state index in [0.717, 1.165) is 103 Å². The molecular formula is C47H84O6. The van der Waals surface area contributed by atoms with E-state index in [1.165, 1.54) is 83.5 Å². The predicted octanol–water partition coefficient (Wildman–Crippen LogP) is 14.2. The number of esters is 3. The number of unbranched alkanes of at least 4 members (excludes halogenated alkanes) is 23. The maximum atomic E-state index is 12.7. The molecule has 0 saturated heterocycles. The minimum Gasteiger partial charge on any atom is -0.462 e. The summed E-state index contributed by atoms with van der Waals surface area (Å²) >= 11 is 0. The SMILES string of the molecule is CC/C=C\C/C=C\CCCCCCCC(=O)OC(COC(=O)CCCCC/C=C\CCCCCCCCC)COC(=O)CCCCCCCCCCC. The summed E-state index contributed by atoms with van der Waals surface area (Å²) in [6.07, 6.45) is 47.0. The first-order valence-corrected chi connectivity index (χ1v) is 22.5. The van der Waals surface area contributed by atoms with Crippen molar-refractivity contribution in [2.45, 2.75) is 232 Å². The molecule has 6 nitrogen and oxygen atoms in total. The van der Waals surface area contributed by atoms with Gasteiger partial charge in [0.2, 0.25) is 0 Å². The van der Waals surface area contributed by atoms with Crippen LogP contribution in [-0.4, -0.2) is 37.2 Å². The molecule has 0 aromatic heterocycles. The van der Waals surface area contributed by atoms with Crippen LogP contribution in [0.5, 0.6) is 0 Å². The first-order valence-electron chi connectivity index (χ1n) is 22.5. The van der Waals surface area contributed by atoms with Crippen LogP contribution in [0.1, 0.15) is 226 Å². The van der Waals surface area contributed by atoms with Crippen LogP contribution in [0.3, 0.4) is 0 Å². The molecule has 308 valence electrons. The molecule has 6 heteroatoms. The molecular weight excluding hydrogens is 661 g/mol. The molecule has 0 saturated carbocycles. The molecule has 0 N–H and O–H groups in total. The lowest BCUT2D eigenvalue weighted by Crippen LogP contribution is -2.30. The topological polar surface area (TPSA) is 78.9 Å². The van der Waals surface area contributed by atoms with Gasteiger partial charge in [-0.1, -0.05) is 173 Å². The van der Waals surface area contributed by atoms with Crippen LogP contribution in [0.15, 0.2) is 36.5 Å². The number of hydrogen-bond donors (Lipinski definition) is 0. The fourth-order valence-electron chi connectivity index (χ4n) is 6.24. The Hall–Kier alpha value is -2.37. The highest BCUT2D eigenvalue weighted by Crippen LogP contribution is 2.14. The predicted molar refractivity (Wildman–Crippen MR) is 224 cm³/mol. The van der Waals surface area contributed by atoms with Crippen molar-refractivity contribution >= 4 is 17.9 Å². The van der Waals surface area contributed by atoms with Crippen molar-refractivity contribution in [1.82, 2.24) is 0 Å². The van der Waals surface area contributed by atoms with Crippen LogP contribution in [0.25, 0.3) is 0 Å². The summed E-state index contributed by atoms with van der Waals surface area (Å²) in [5.74, 6) is -0.915. The van der Waals surface area contributed by atoms with Gasteiger partial charge in [-0.25, -0.2) is 0 Å². The van der Waals surface area contributed by atoms with E-state index in [1.54, 1.807) is 0 Å². The molecule has 0 fully saturated rings. The molecule has 0 aliphatic rings. The van der Waals surface area contributed by atoms with Gasteiger partial charge in [-0.2, -0.15) is 0 Å². The average Bonchev–Trinajstić information content (AvgIpc) is 3.15. The molecule has 0 aliphatic carbocycles. The monoisotopic (exact) mass is 745 g/mol. The lowest BCUT2D eigenvalue weighted by Gasteiger charge is -2.18. The van der Waals surface area contributed by atoms with Crippen molar-refractivity contribution < 1.29 is 28.6 Å². The van der Waals surface area contributed by atoms with Crippen LogP contribution in [0.2, 0.25) is 0 Å². The van der Waals surface area contributed by atoms with E-state index in [9.17, 15) is 14.4 Å². The molecule has 0 heterocycles. The lowest BCUT2D eigenvalue weighted by atomic mass is 10.1. The number of carbonyl (C=O) groups excluding carboxylic acids is 3. The van der Waals surface area contributed by atoms with Gasteiger partial charge >= 0.3 is 17.9 Å². The van der Waals surface area contributed by atoms with Gasteiger partial charge in [0.25, 0.3) is 0 Å². The van der Waals surface area contributed by atoms with Crippen molar-refractivity contribution in [2.75, 3.05) is 13.2 Å². The maximum absolute atomic E-state index is 12.7. The Bertz CT molecular complexity index is 907. The normalized spacial score (nSPS) is 12.3. The fourth-order valence-corrected chi connectivity index (χ4v) is 6.24. The minimum absolute atomic E-state index is 0.0811. The number of ether oxygens (including phenoxy) is 3. The van der Waals surface area contributed by atoms with Gasteiger partial charge in [0.1, 0.15) is 13.2 Å². The second kappa shape index (κ2) is 42.4. The zero-order chi connectivity index (χ0) is 38.7. The highest BCUT2D eigenvalue weighted by Gasteiger charge is 2.19. The first kappa shape index (κ1) is 50.6. The molecule has 0 bridgehead atoms. The summed E-state index contributed by atoms with van der Waals surface area (Å²) in [5, 5.41) is 0. The Morgan fingerprint density at radius 2 is 0.736 bits per heavy atom. The zero-order valence-corrected chi connectivity index (χ0v) is 35.0. The third kappa shape index (κ3) is 40.6. The van der Waals surface area contributed by atoms with Gasteiger partial charge in [-0.15, -0.1) is 0 Å². The number of carbonyl (C=O) groups is 3.